The van der Waals surface area contributed by atoms with Crippen LogP contribution in [0.4, 0.5) is 4.39 Å². The lowest BCUT2D eigenvalue weighted by Gasteiger charge is -2.37. The van der Waals surface area contributed by atoms with Gasteiger partial charge >= 0.3 is 0 Å². The van der Waals surface area contributed by atoms with E-state index in [0.29, 0.717) is 18.8 Å². The van der Waals surface area contributed by atoms with Crippen molar-refractivity contribution in [3.63, 3.8) is 0 Å². The molecule has 3 rings (SSSR count). The van der Waals surface area contributed by atoms with E-state index in [2.05, 4.69) is 5.10 Å². The average Bonchev–Trinajstić information content (AvgIpc) is 2.86. The summed E-state index contributed by atoms with van der Waals surface area (Å²) in [6.45, 7) is 2.72. The molecule has 2 heterocycles. The quantitative estimate of drug-likeness (QED) is 0.941. The zero-order valence-electron chi connectivity index (χ0n) is 14.1. The van der Waals surface area contributed by atoms with E-state index in [0.717, 1.165) is 35.1 Å². The van der Waals surface area contributed by atoms with Crippen molar-refractivity contribution in [1.29, 1.82) is 0 Å². The van der Waals surface area contributed by atoms with Crippen molar-refractivity contribution in [3.05, 3.63) is 52.6 Å². The normalized spacial score (nSPS) is 18.0. The van der Waals surface area contributed by atoms with Gasteiger partial charge in [-0.1, -0.05) is 24.3 Å². The highest BCUT2D eigenvalue weighted by Crippen LogP contribution is 2.34. The summed E-state index contributed by atoms with van der Waals surface area (Å²) >= 11 is 0. The van der Waals surface area contributed by atoms with Crippen molar-refractivity contribution in [2.45, 2.75) is 38.8 Å². The number of piperidine rings is 1. The van der Waals surface area contributed by atoms with Crippen molar-refractivity contribution >= 4 is 5.91 Å². The Morgan fingerprint density at radius 1 is 1.38 bits per heavy atom. The van der Waals surface area contributed by atoms with E-state index < -0.39 is 5.95 Å². The Morgan fingerprint density at radius 3 is 2.79 bits per heavy atom. The van der Waals surface area contributed by atoms with Gasteiger partial charge in [0.1, 0.15) is 5.56 Å². The minimum Gasteiger partial charge on any atom is -0.331 e. The van der Waals surface area contributed by atoms with Crippen LogP contribution in [0, 0.1) is 12.9 Å². The summed E-state index contributed by atoms with van der Waals surface area (Å²) in [5.41, 5.74) is 8.47. The van der Waals surface area contributed by atoms with Crippen molar-refractivity contribution in [2.75, 3.05) is 6.54 Å². The topological polar surface area (TPSA) is 64.2 Å². The lowest BCUT2D eigenvalue weighted by atomic mass is 9.91. The van der Waals surface area contributed by atoms with Crippen molar-refractivity contribution in [3.8, 4) is 0 Å². The van der Waals surface area contributed by atoms with Crippen molar-refractivity contribution < 1.29 is 9.18 Å². The second-order valence-corrected chi connectivity index (χ2v) is 6.29. The Labute approximate surface area is 141 Å². The van der Waals surface area contributed by atoms with E-state index in [1.807, 2.05) is 24.3 Å². The third kappa shape index (κ3) is 2.82. The fourth-order valence-corrected chi connectivity index (χ4v) is 3.56. The Kier molecular flexibility index (Phi) is 4.66. The molecular formula is C18H23FN4O. The van der Waals surface area contributed by atoms with E-state index in [-0.39, 0.29) is 17.5 Å². The standard InChI is InChI=1S/C18H23FN4O/c1-12-16(17(19)22(2)21-12)18(24)23-10-6-5-9-15(23)14-8-4-3-7-13(14)11-20/h3-4,7-8,15H,5-6,9-11,20H2,1-2H3. The third-order valence-corrected chi connectivity index (χ3v) is 4.76. The molecule has 1 amide bonds. The zero-order chi connectivity index (χ0) is 17.3. The zero-order valence-corrected chi connectivity index (χ0v) is 14.1. The van der Waals surface area contributed by atoms with E-state index in [4.69, 9.17) is 5.73 Å². The monoisotopic (exact) mass is 330 g/mol. The van der Waals surface area contributed by atoms with E-state index >= 15 is 0 Å². The molecule has 2 aromatic rings. The number of aryl methyl sites for hydroxylation is 2. The summed E-state index contributed by atoms with van der Waals surface area (Å²) in [6.07, 6.45) is 2.83. The maximum atomic E-state index is 14.3. The summed E-state index contributed by atoms with van der Waals surface area (Å²) in [5.74, 6) is -0.858. The van der Waals surface area contributed by atoms with E-state index in [9.17, 15) is 9.18 Å². The van der Waals surface area contributed by atoms with E-state index in [1.165, 1.54) is 7.05 Å². The number of aromatic nitrogens is 2. The van der Waals surface area contributed by atoms with Gasteiger partial charge in [0.25, 0.3) is 5.91 Å². The second-order valence-electron chi connectivity index (χ2n) is 6.29. The SMILES string of the molecule is Cc1nn(C)c(F)c1C(=O)N1CCCCC1c1ccccc1CN. The molecule has 6 heteroatoms. The fourth-order valence-electron chi connectivity index (χ4n) is 3.56. The van der Waals surface area contributed by atoms with Crippen LogP contribution in [0.1, 0.15) is 52.5 Å². The number of amides is 1. The molecule has 1 saturated heterocycles. The van der Waals surface area contributed by atoms with Crippen LogP contribution in [0.15, 0.2) is 24.3 Å². The van der Waals surface area contributed by atoms with Crippen LogP contribution >= 0.6 is 0 Å². The number of carbonyl (C=O) groups is 1. The molecule has 1 fully saturated rings. The number of rotatable bonds is 3. The molecule has 1 unspecified atom stereocenters. The van der Waals surface area contributed by atoms with Crippen LogP contribution in [-0.2, 0) is 13.6 Å². The molecule has 0 aliphatic carbocycles. The molecule has 1 aromatic heterocycles. The lowest BCUT2D eigenvalue weighted by Crippen LogP contribution is -2.39. The molecule has 0 radical (unpaired) electrons. The molecule has 0 spiro atoms. The number of hydrogen-bond donors (Lipinski definition) is 1. The van der Waals surface area contributed by atoms with Gasteiger partial charge in [-0.15, -0.1) is 0 Å². The Bertz CT molecular complexity index is 755. The van der Waals surface area contributed by atoms with Crippen LogP contribution in [0.5, 0.6) is 0 Å². The third-order valence-electron chi connectivity index (χ3n) is 4.76. The van der Waals surface area contributed by atoms with Crippen LogP contribution in [0.25, 0.3) is 0 Å². The molecule has 24 heavy (non-hydrogen) atoms. The summed E-state index contributed by atoms with van der Waals surface area (Å²) in [7, 11) is 1.51. The highest BCUT2D eigenvalue weighted by Gasteiger charge is 2.33. The predicted molar refractivity (Wildman–Crippen MR) is 89.9 cm³/mol. The molecule has 2 N–H and O–H groups in total. The average molecular weight is 330 g/mol. The van der Waals surface area contributed by atoms with Gasteiger partial charge in [0.2, 0.25) is 5.95 Å². The van der Waals surface area contributed by atoms with E-state index in [1.54, 1.807) is 11.8 Å². The summed E-state index contributed by atoms with van der Waals surface area (Å²) in [6, 6.07) is 7.85. The Morgan fingerprint density at radius 2 is 2.12 bits per heavy atom. The summed E-state index contributed by atoms with van der Waals surface area (Å²) in [5, 5.41) is 4.03. The Hall–Kier alpha value is -2.21. The van der Waals surface area contributed by atoms with Crippen molar-refractivity contribution in [2.24, 2.45) is 12.8 Å². The largest absolute Gasteiger partial charge is 0.331 e. The van der Waals surface area contributed by atoms with Crippen LogP contribution < -0.4 is 5.73 Å². The number of hydrogen-bond acceptors (Lipinski definition) is 3. The first-order valence-corrected chi connectivity index (χ1v) is 8.32. The highest BCUT2D eigenvalue weighted by atomic mass is 19.1. The Balaban J connectivity index is 1.99. The molecule has 0 bridgehead atoms. The summed E-state index contributed by atoms with van der Waals surface area (Å²) < 4.78 is 15.5. The first-order valence-electron chi connectivity index (χ1n) is 8.32. The minimum absolute atomic E-state index is 0.0648. The lowest BCUT2D eigenvalue weighted by molar-refractivity contribution is 0.0604. The highest BCUT2D eigenvalue weighted by molar-refractivity contribution is 5.95. The molecule has 5 nitrogen and oxygen atoms in total. The maximum Gasteiger partial charge on any atom is 0.260 e. The fraction of sp³-hybridized carbons (Fsp3) is 0.444. The van der Waals surface area contributed by atoms with Gasteiger partial charge in [-0.2, -0.15) is 9.49 Å². The van der Waals surface area contributed by atoms with Gasteiger partial charge < -0.3 is 10.6 Å². The van der Waals surface area contributed by atoms with Crippen molar-refractivity contribution in [1.82, 2.24) is 14.7 Å². The molecule has 0 saturated carbocycles. The number of benzene rings is 1. The van der Waals surface area contributed by atoms with Crippen LogP contribution in [0.2, 0.25) is 0 Å². The molecule has 1 aliphatic rings. The molecule has 1 aromatic carbocycles. The van der Waals surface area contributed by atoms with Gasteiger partial charge in [-0.25, -0.2) is 4.68 Å². The smallest absolute Gasteiger partial charge is 0.260 e. The maximum absolute atomic E-state index is 14.3. The molecule has 128 valence electrons. The van der Waals surface area contributed by atoms with Gasteiger partial charge in [-0.05, 0) is 37.3 Å². The number of nitrogens with two attached hydrogens (primary N) is 1. The number of carbonyl (C=O) groups excluding carboxylic acids is 1. The van der Waals surface area contributed by atoms with Gasteiger partial charge in [0.15, 0.2) is 0 Å². The summed E-state index contributed by atoms with van der Waals surface area (Å²) in [4.78, 5) is 14.8. The van der Waals surface area contributed by atoms with Crippen LogP contribution in [0.3, 0.4) is 0 Å². The van der Waals surface area contributed by atoms with Gasteiger partial charge in [0.05, 0.1) is 11.7 Å². The molecule has 1 atom stereocenters. The number of nitrogens with zero attached hydrogens (tertiary/aromatic N) is 3. The predicted octanol–water partition coefficient (Wildman–Crippen LogP) is 2.69. The first-order chi connectivity index (χ1) is 11.5. The number of likely N-dealkylation sites (tertiary alicyclic amines) is 1. The molecular weight excluding hydrogens is 307 g/mol. The van der Waals surface area contributed by atoms with Crippen LogP contribution in [-0.4, -0.2) is 27.1 Å². The van der Waals surface area contributed by atoms with Gasteiger partial charge in [0, 0.05) is 20.1 Å². The number of halogens is 1. The second kappa shape index (κ2) is 6.73. The van der Waals surface area contributed by atoms with Gasteiger partial charge in [-0.3, -0.25) is 4.79 Å². The minimum atomic E-state index is -0.575. The first kappa shape index (κ1) is 16.6. The molecule has 1 aliphatic heterocycles.